The fourth-order valence-corrected chi connectivity index (χ4v) is 2.22. The Labute approximate surface area is 102 Å². The van der Waals surface area contributed by atoms with E-state index in [0.717, 1.165) is 24.8 Å². The number of rotatable bonds is 3. The largest absolute Gasteiger partial charge is 0.388 e. The molecule has 1 aromatic heterocycles. The third-order valence-electron chi connectivity index (χ3n) is 3.17. The molecule has 0 aliphatic carbocycles. The number of nitrogens with zero attached hydrogens (tertiary/aromatic N) is 2. The zero-order valence-corrected chi connectivity index (χ0v) is 10.3. The van der Waals surface area contributed by atoms with Crippen molar-refractivity contribution < 1.29 is 0 Å². The molecular weight excluding hydrogens is 218 g/mol. The Morgan fingerprint density at radius 1 is 1.62 bits per heavy atom. The number of hydrogen-bond acceptors (Lipinski definition) is 3. The summed E-state index contributed by atoms with van der Waals surface area (Å²) in [5.74, 6) is 1.80. The molecule has 0 saturated carbocycles. The van der Waals surface area contributed by atoms with Crippen molar-refractivity contribution in [3.05, 3.63) is 23.9 Å². The van der Waals surface area contributed by atoms with E-state index in [0.29, 0.717) is 10.7 Å². The van der Waals surface area contributed by atoms with E-state index in [1.807, 2.05) is 18.2 Å². The van der Waals surface area contributed by atoms with Gasteiger partial charge in [0.05, 0.1) is 5.69 Å². The lowest BCUT2D eigenvalue weighted by Gasteiger charge is -2.17. The maximum absolute atomic E-state index is 5.59. The minimum atomic E-state index is 0.369. The Bertz CT molecular complexity index is 392. The lowest BCUT2D eigenvalue weighted by Crippen LogP contribution is -2.22. The van der Waals surface area contributed by atoms with Gasteiger partial charge in [0, 0.05) is 13.1 Å². The number of anilines is 1. The van der Waals surface area contributed by atoms with Crippen LogP contribution in [0.5, 0.6) is 0 Å². The summed E-state index contributed by atoms with van der Waals surface area (Å²) in [5, 5.41) is 0. The van der Waals surface area contributed by atoms with Crippen molar-refractivity contribution in [2.45, 2.75) is 19.8 Å². The molecule has 0 bridgehead atoms. The van der Waals surface area contributed by atoms with Crippen LogP contribution in [0.3, 0.4) is 0 Å². The number of pyridine rings is 1. The fourth-order valence-electron chi connectivity index (χ4n) is 2.11. The number of nitrogens with two attached hydrogens (primary N) is 1. The first kappa shape index (κ1) is 11.3. The molecule has 0 spiro atoms. The van der Waals surface area contributed by atoms with Crippen molar-refractivity contribution in [1.29, 1.82) is 0 Å². The second kappa shape index (κ2) is 4.78. The van der Waals surface area contributed by atoms with Gasteiger partial charge in [-0.2, -0.15) is 0 Å². The van der Waals surface area contributed by atoms with Gasteiger partial charge in [-0.05, 0) is 24.5 Å². The van der Waals surface area contributed by atoms with Gasteiger partial charge < -0.3 is 10.6 Å². The van der Waals surface area contributed by atoms with Crippen LogP contribution < -0.4 is 10.6 Å². The first-order chi connectivity index (χ1) is 7.70. The summed E-state index contributed by atoms with van der Waals surface area (Å²) in [5.41, 5.74) is 6.30. The van der Waals surface area contributed by atoms with Crippen molar-refractivity contribution in [3.8, 4) is 0 Å². The average molecular weight is 235 g/mol. The Morgan fingerprint density at radius 2 is 2.44 bits per heavy atom. The molecular formula is C12H17N3S. The van der Waals surface area contributed by atoms with Crippen LogP contribution in [0.4, 0.5) is 5.82 Å². The summed E-state index contributed by atoms with van der Waals surface area (Å²) in [6.45, 7) is 4.43. The lowest BCUT2D eigenvalue weighted by molar-refractivity contribution is 0.569. The van der Waals surface area contributed by atoms with E-state index in [4.69, 9.17) is 18.0 Å². The highest BCUT2D eigenvalue weighted by molar-refractivity contribution is 7.80. The second-order valence-electron chi connectivity index (χ2n) is 4.25. The van der Waals surface area contributed by atoms with Crippen molar-refractivity contribution in [1.82, 2.24) is 4.98 Å². The highest BCUT2D eigenvalue weighted by atomic mass is 32.1. The van der Waals surface area contributed by atoms with Gasteiger partial charge in [-0.3, -0.25) is 0 Å². The standard InChI is InChI=1S/C12H17N3S/c1-2-9-6-7-15(8-9)11-5-3-4-10(14-11)12(13)16/h3-5,9H,2,6-8H2,1H3,(H2,13,16). The average Bonchev–Trinajstić information content (AvgIpc) is 2.77. The van der Waals surface area contributed by atoms with Gasteiger partial charge in [-0.1, -0.05) is 31.6 Å². The quantitative estimate of drug-likeness (QED) is 0.813. The van der Waals surface area contributed by atoms with Crippen LogP contribution in [0.15, 0.2) is 18.2 Å². The maximum Gasteiger partial charge on any atom is 0.129 e. The minimum Gasteiger partial charge on any atom is -0.388 e. The summed E-state index contributed by atoms with van der Waals surface area (Å²) in [6, 6.07) is 5.86. The van der Waals surface area contributed by atoms with Gasteiger partial charge in [0.25, 0.3) is 0 Å². The van der Waals surface area contributed by atoms with Gasteiger partial charge in [0.2, 0.25) is 0 Å². The monoisotopic (exact) mass is 235 g/mol. The molecule has 3 nitrogen and oxygen atoms in total. The predicted molar refractivity (Wildman–Crippen MR) is 70.7 cm³/mol. The van der Waals surface area contributed by atoms with Gasteiger partial charge >= 0.3 is 0 Å². The van der Waals surface area contributed by atoms with Gasteiger partial charge in [0.15, 0.2) is 0 Å². The summed E-state index contributed by atoms with van der Waals surface area (Å²) in [6.07, 6.45) is 2.50. The van der Waals surface area contributed by atoms with Crippen LogP contribution >= 0.6 is 12.2 Å². The lowest BCUT2D eigenvalue weighted by atomic mass is 10.1. The molecule has 1 saturated heterocycles. The van der Waals surface area contributed by atoms with Crippen LogP contribution in [0.1, 0.15) is 25.5 Å². The van der Waals surface area contributed by atoms with Crippen molar-refractivity contribution in [2.24, 2.45) is 11.7 Å². The summed E-state index contributed by atoms with van der Waals surface area (Å²) in [7, 11) is 0. The molecule has 1 aromatic rings. The molecule has 2 heterocycles. The van der Waals surface area contributed by atoms with Crippen molar-refractivity contribution in [2.75, 3.05) is 18.0 Å². The molecule has 1 fully saturated rings. The summed E-state index contributed by atoms with van der Waals surface area (Å²) < 4.78 is 0. The molecule has 0 aromatic carbocycles. The summed E-state index contributed by atoms with van der Waals surface area (Å²) >= 11 is 4.94. The molecule has 4 heteroatoms. The number of thiocarbonyl (C=S) groups is 1. The van der Waals surface area contributed by atoms with Crippen molar-refractivity contribution >= 4 is 23.0 Å². The Hall–Kier alpha value is -1.16. The van der Waals surface area contributed by atoms with Gasteiger partial charge in [-0.15, -0.1) is 0 Å². The van der Waals surface area contributed by atoms with Crippen LogP contribution in [-0.2, 0) is 0 Å². The molecule has 2 rings (SSSR count). The first-order valence-corrected chi connectivity index (χ1v) is 6.13. The number of aromatic nitrogens is 1. The first-order valence-electron chi connectivity index (χ1n) is 5.72. The Kier molecular flexibility index (Phi) is 3.39. The molecule has 1 aliphatic heterocycles. The highest BCUT2D eigenvalue weighted by Gasteiger charge is 2.21. The smallest absolute Gasteiger partial charge is 0.129 e. The Balaban J connectivity index is 2.15. The number of hydrogen-bond donors (Lipinski definition) is 1. The molecule has 2 N–H and O–H groups in total. The minimum absolute atomic E-state index is 0.369. The topological polar surface area (TPSA) is 42.1 Å². The van der Waals surface area contributed by atoms with E-state index in [2.05, 4.69) is 16.8 Å². The van der Waals surface area contributed by atoms with Crippen molar-refractivity contribution in [3.63, 3.8) is 0 Å². The normalized spacial score (nSPS) is 20.1. The zero-order valence-electron chi connectivity index (χ0n) is 9.52. The van der Waals surface area contributed by atoms with Crippen LogP contribution in [0, 0.1) is 5.92 Å². The molecule has 1 atom stereocenters. The van der Waals surface area contributed by atoms with Gasteiger partial charge in [-0.25, -0.2) is 4.98 Å². The van der Waals surface area contributed by atoms with Crippen LogP contribution in [0.2, 0.25) is 0 Å². The van der Waals surface area contributed by atoms with Gasteiger partial charge in [0.1, 0.15) is 10.8 Å². The molecule has 16 heavy (non-hydrogen) atoms. The van der Waals surface area contributed by atoms with E-state index in [1.54, 1.807) is 0 Å². The second-order valence-corrected chi connectivity index (χ2v) is 4.69. The summed E-state index contributed by atoms with van der Waals surface area (Å²) in [4.78, 5) is 7.17. The van der Waals surface area contributed by atoms with E-state index >= 15 is 0 Å². The fraction of sp³-hybridized carbons (Fsp3) is 0.500. The highest BCUT2D eigenvalue weighted by Crippen LogP contribution is 2.23. The molecule has 86 valence electrons. The SMILES string of the molecule is CCC1CCN(c2cccc(C(N)=S)n2)C1. The maximum atomic E-state index is 5.59. The third kappa shape index (κ3) is 2.32. The van der Waals surface area contributed by atoms with E-state index in [-0.39, 0.29) is 0 Å². The Morgan fingerprint density at radius 3 is 3.06 bits per heavy atom. The molecule has 1 unspecified atom stereocenters. The third-order valence-corrected chi connectivity index (χ3v) is 3.38. The van der Waals surface area contributed by atoms with E-state index in [9.17, 15) is 0 Å². The molecule has 1 aliphatic rings. The zero-order chi connectivity index (χ0) is 11.5. The van der Waals surface area contributed by atoms with E-state index in [1.165, 1.54) is 12.8 Å². The molecule has 0 radical (unpaired) electrons. The molecule has 0 amide bonds. The van der Waals surface area contributed by atoms with Crippen LogP contribution in [-0.4, -0.2) is 23.1 Å². The van der Waals surface area contributed by atoms with Crippen LogP contribution in [0.25, 0.3) is 0 Å². The predicted octanol–water partition coefficient (Wildman–Crippen LogP) is 1.95. The van der Waals surface area contributed by atoms with E-state index < -0.39 is 0 Å².